The van der Waals surface area contributed by atoms with Crippen molar-refractivity contribution < 1.29 is 14.3 Å². The molecule has 0 bridgehead atoms. The molecule has 0 unspecified atom stereocenters. The fraction of sp³-hybridized carbons (Fsp3) is 0.211. The van der Waals surface area contributed by atoms with E-state index in [2.05, 4.69) is 5.32 Å². The summed E-state index contributed by atoms with van der Waals surface area (Å²) in [7, 11) is 3.16. The molecule has 4 nitrogen and oxygen atoms in total. The maximum Gasteiger partial charge on any atom is 0.244 e. The van der Waals surface area contributed by atoms with E-state index >= 15 is 0 Å². The van der Waals surface area contributed by atoms with Crippen molar-refractivity contribution in [2.24, 2.45) is 0 Å². The molecule has 0 aliphatic heterocycles. The summed E-state index contributed by atoms with van der Waals surface area (Å²) in [6.07, 6.45) is 3.15. The lowest BCUT2D eigenvalue weighted by Gasteiger charge is -2.13. The number of ether oxygens (including phenoxy) is 2. The highest BCUT2D eigenvalue weighted by molar-refractivity contribution is 6.30. The van der Waals surface area contributed by atoms with Gasteiger partial charge in [0.1, 0.15) is 11.5 Å². The van der Waals surface area contributed by atoms with Gasteiger partial charge < -0.3 is 14.8 Å². The number of benzene rings is 2. The van der Waals surface area contributed by atoms with Crippen LogP contribution in [0.25, 0.3) is 6.08 Å². The fourth-order valence-corrected chi connectivity index (χ4v) is 2.43. The van der Waals surface area contributed by atoms with Crippen LogP contribution in [0.2, 0.25) is 5.02 Å². The second-order valence-corrected chi connectivity index (χ2v) is 5.63. The molecule has 1 atom stereocenters. The third-order valence-corrected chi connectivity index (χ3v) is 3.85. The van der Waals surface area contributed by atoms with E-state index in [1.165, 1.54) is 6.08 Å². The first-order valence-electron chi connectivity index (χ1n) is 7.50. The smallest absolute Gasteiger partial charge is 0.244 e. The van der Waals surface area contributed by atoms with E-state index in [0.29, 0.717) is 16.5 Å². The highest BCUT2D eigenvalue weighted by Crippen LogP contribution is 2.29. The molecule has 0 fully saturated rings. The van der Waals surface area contributed by atoms with E-state index in [1.54, 1.807) is 32.4 Å². The number of nitrogens with one attached hydrogen (secondary N) is 1. The van der Waals surface area contributed by atoms with Gasteiger partial charge in [0.15, 0.2) is 0 Å². The van der Waals surface area contributed by atoms with Gasteiger partial charge in [-0.15, -0.1) is 0 Å². The molecule has 0 saturated carbocycles. The van der Waals surface area contributed by atoms with E-state index in [1.807, 2.05) is 37.3 Å². The van der Waals surface area contributed by atoms with Crippen LogP contribution in [-0.2, 0) is 4.79 Å². The molecule has 5 heteroatoms. The summed E-state index contributed by atoms with van der Waals surface area (Å²) < 4.78 is 10.6. The summed E-state index contributed by atoms with van der Waals surface area (Å²) in [5.74, 6) is 1.08. The highest BCUT2D eigenvalue weighted by atomic mass is 35.5. The molecule has 2 aromatic rings. The van der Waals surface area contributed by atoms with Crippen molar-refractivity contribution in [1.82, 2.24) is 5.32 Å². The maximum atomic E-state index is 12.2. The Hall–Kier alpha value is -2.46. The van der Waals surface area contributed by atoms with Crippen LogP contribution < -0.4 is 14.8 Å². The molecule has 0 aliphatic rings. The average Bonchev–Trinajstić information content (AvgIpc) is 2.59. The molecule has 0 radical (unpaired) electrons. The van der Waals surface area contributed by atoms with Crippen LogP contribution in [0.5, 0.6) is 11.5 Å². The highest BCUT2D eigenvalue weighted by Gasteiger charge is 2.09. The topological polar surface area (TPSA) is 47.6 Å². The van der Waals surface area contributed by atoms with E-state index in [-0.39, 0.29) is 11.9 Å². The zero-order valence-corrected chi connectivity index (χ0v) is 14.6. The minimum atomic E-state index is -0.203. The molecule has 126 valence electrons. The van der Waals surface area contributed by atoms with Crippen molar-refractivity contribution in [2.45, 2.75) is 13.0 Å². The first-order chi connectivity index (χ1) is 11.5. The van der Waals surface area contributed by atoms with E-state index in [4.69, 9.17) is 21.1 Å². The zero-order valence-electron chi connectivity index (χ0n) is 13.9. The summed E-state index contributed by atoms with van der Waals surface area (Å²) >= 11 is 5.87. The summed E-state index contributed by atoms with van der Waals surface area (Å²) in [5.41, 5.74) is 1.70. The van der Waals surface area contributed by atoms with Crippen LogP contribution in [0.4, 0.5) is 0 Å². The number of rotatable bonds is 6. The van der Waals surface area contributed by atoms with Gasteiger partial charge in [0, 0.05) is 11.1 Å². The van der Waals surface area contributed by atoms with Crippen LogP contribution in [0, 0.1) is 0 Å². The predicted molar refractivity (Wildman–Crippen MR) is 96.6 cm³/mol. The Labute approximate surface area is 147 Å². The molecule has 0 heterocycles. The number of hydrogen-bond donors (Lipinski definition) is 1. The minimum Gasteiger partial charge on any atom is -0.496 e. The number of amides is 1. The SMILES string of the molecule is COc1cccc(OC)c1/C=C/C(=O)N[C@@H](C)c1ccc(Cl)cc1. The van der Waals surface area contributed by atoms with Crippen LogP contribution in [0.3, 0.4) is 0 Å². The van der Waals surface area contributed by atoms with Gasteiger partial charge in [0.25, 0.3) is 0 Å². The zero-order chi connectivity index (χ0) is 17.5. The number of methoxy groups -OCH3 is 2. The van der Waals surface area contributed by atoms with Crippen LogP contribution in [0.1, 0.15) is 24.1 Å². The molecule has 24 heavy (non-hydrogen) atoms. The Balaban J connectivity index is 2.09. The molecule has 1 N–H and O–H groups in total. The second-order valence-electron chi connectivity index (χ2n) is 5.19. The Bertz CT molecular complexity index is 704. The summed E-state index contributed by atoms with van der Waals surface area (Å²) in [6, 6.07) is 12.7. The fourth-order valence-electron chi connectivity index (χ4n) is 2.30. The molecule has 0 saturated heterocycles. The number of halogens is 1. The first kappa shape index (κ1) is 17.9. The predicted octanol–water partition coefficient (Wildman–Crippen LogP) is 4.25. The van der Waals surface area contributed by atoms with Crippen LogP contribution in [0.15, 0.2) is 48.5 Å². The van der Waals surface area contributed by atoms with Gasteiger partial charge in [0.2, 0.25) is 5.91 Å². The van der Waals surface area contributed by atoms with Crippen molar-refractivity contribution in [1.29, 1.82) is 0 Å². The van der Waals surface area contributed by atoms with Crippen LogP contribution >= 0.6 is 11.6 Å². The van der Waals surface area contributed by atoms with Gasteiger partial charge in [-0.05, 0) is 42.8 Å². The van der Waals surface area contributed by atoms with E-state index in [9.17, 15) is 4.79 Å². The largest absolute Gasteiger partial charge is 0.496 e. The molecular formula is C19H20ClNO3. The Morgan fingerprint density at radius 3 is 2.21 bits per heavy atom. The van der Waals surface area contributed by atoms with E-state index < -0.39 is 0 Å². The molecule has 0 spiro atoms. The third kappa shape index (κ3) is 4.52. The molecule has 2 aromatic carbocycles. The Kier molecular flexibility index (Phi) is 6.27. The van der Waals surface area contributed by atoms with Gasteiger partial charge in [-0.3, -0.25) is 4.79 Å². The second kappa shape index (κ2) is 8.41. The number of hydrogen-bond acceptors (Lipinski definition) is 3. The van der Waals surface area contributed by atoms with Gasteiger partial charge >= 0.3 is 0 Å². The summed E-state index contributed by atoms with van der Waals surface area (Å²) in [4.78, 5) is 12.2. The number of carbonyl (C=O) groups excluding carboxylic acids is 1. The molecular weight excluding hydrogens is 326 g/mol. The Morgan fingerprint density at radius 2 is 1.67 bits per heavy atom. The standard InChI is InChI=1S/C19H20ClNO3/c1-13(14-7-9-15(20)10-8-14)21-19(22)12-11-16-17(23-2)5-4-6-18(16)24-3/h4-13H,1-3H3,(H,21,22)/b12-11+/t13-/m0/s1. The quantitative estimate of drug-likeness (QED) is 0.796. The van der Waals surface area contributed by atoms with Crippen molar-refractivity contribution in [3.05, 3.63) is 64.7 Å². The monoisotopic (exact) mass is 345 g/mol. The third-order valence-electron chi connectivity index (χ3n) is 3.60. The lowest BCUT2D eigenvalue weighted by molar-refractivity contribution is -0.117. The molecule has 0 aromatic heterocycles. The van der Waals surface area contributed by atoms with Gasteiger partial charge in [-0.2, -0.15) is 0 Å². The van der Waals surface area contributed by atoms with Gasteiger partial charge in [0.05, 0.1) is 25.8 Å². The maximum absolute atomic E-state index is 12.2. The number of carbonyl (C=O) groups is 1. The average molecular weight is 346 g/mol. The molecule has 1 amide bonds. The van der Waals surface area contributed by atoms with Gasteiger partial charge in [-0.25, -0.2) is 0 Å². The minimum absolute atomic E-state index is 0.126. The van der Waals surface area contributed by atoms with Crippen molar-refractivity contribution in [3.8, 4) is 11.5 Å². The summed E-state index contributed by atoms with van der Waals surface area (Å²) in [5, 5.41) is 3.58. The molecule has 2 rings (SSSR count). The first-order valence-corrected chi connectivity index (χ1v) is 7.88. The molecule has 0 aliphatic carbocycles. The van der Waals surface area contributed by atoms with Crippen molar-refractivity contribution >= 4 is 23.6 Å². The van der Waals surface area contributed by atoms with Crippen LogP contribution in [-0.4, -0.2) is 20.1 Å². The summed E-state index contributed by atoms with van der Waals surface area (Å²) in [6.45, 7) is 1.92. The lowest BCUT2D eigenvalue weighted by atomic mass is 10.1. The lowest BCUT2D eigenvalue weighted by Crippen LogP contribution is -2.24. The normalized spacial score (nSPS) is 12.0. The van der Waals surface area contributed by atoms with Gasteiger partial charge in [-0.1, -0.05) is 29.8 Å². The van der Waals surface area contributed by atoms with Crippen molar-refractivity contribution in [2.75, 3.05) is 14.2 Å². The van der Waals surface area contributed by atoms with E-state index in [0.717, 1.165) is 11.1 Å². The van der Waals surface area contributed by atoms with Crippen molar-refractivity contribution in [3.63, 3.8) is 0 Å². The Morgan fingerprint density at radius 1 is 1.08 bits per heavy atom.